The molecule has 1 saturated heterocycles. The minimum absolute atomic E-state index is 0.285. The van der Waals surface area contributed by atoms with Crippen LogP contribution in [-0.2, 0) is 6.42 Å². The van der Waals surface area contributed by atoms with Crippen molar-refractivity contribution in [3.05, 3.63) is 29.8 Å². The lowest BCUT2D eigenvalue weighted by molar-refractivity contribution is 0.404. The van der Waals surface area contributed by atoms with Crippen LogP contribution in [0, 0.1) is 5.92 Å². The number of hydrogen-bond donors (Lipinski definition) is 1. The van der Waals surface area contributed by atoms with E-state index in [1.54, 1.807) is 0 Å². The van der Waals surface area contributed by atoms with Gasteiger partial charge in [0.05, 0.1) is 0 Å². The van der Waals surface area contributed by atoms with E-state index in [9.17, 15) is 0 Å². The van der Waals surface area contributed by atoms with Gasteiger partial charge in [0.2, 0.25) is 0 Å². The lowest BCUT2D eigenvalue weighted by Crippen LogP contribution is -2.36. The number of hydrogen-bond acceptors (Lipinski definition) is 2. The molecule has 0 saturated carbocycles. The van der Waals surface area contributed by atoms with Crippen LogP contribution >= 0.6 is 0 Å². The van der Waals surface area contributed by atoms with E-state index >= 15 is 0 Å². The zero-order valence-electron chi connectivity index (χ0n) is 12.4. The van der Waals surface area contributed by atoms with Gasteiger partial charge in [0, 0.05) is 24.8 Å². The molecule has 1 heterocycles. The number of para-hydroxylation sites is 1. The monoisotopic (exact) mass is 260 g/mol. The summed E-state index contributed by atoms with van der Waals surface area (Å²) in [5.74, 6) is 0.863. The summed E-state index contributed by atoms with van der Waals surface area (Å²) in [5.41, 5.74) is 8.98. The van der Waals surface area contributed by atoms with Crippen LogP contribution in [0.2, 0.25) is 0 Å². The van der Waals surface area contributed by atoms with Gasteiger partial charge in [0.15, 0.2) is 0 Å². The molecule has 2 atom stereocenters. The first-order valence-electron chi connectivity index (χ1n) is 7.83. The number of anilines is 1. The number of rotatable bonds is 5. The number of nitrogens with two attached hydrogens (primary N) is 1. The molecule has 106 valence electrons. The molecule has 0 amide bonds. The minimum atomic E-state index is 0.285. The van der Waals surface area contributed by atoms with Crippen LogP contribution in [-0.4, -0.2) is 19.1 Å². The lowest BCUT2D eigenvalue weighted by atomic mass is 9.94. The highest BCUT2D eigenvalue weighted by atomic mass is 15.1. The van der Waals surface area contributed by atoms with Crippen LogP contribution < -0.4 is 10.6 Å². The predicted molar refractivity (Wildman–Crippen MR) is 83.6 cm³/mol. The molecule has 1 aliphatic heterocycles. The molecule has 0 spiro atoms. The maximum Gasteiger partial charge on any atom is 0.0399 e. The average Bonchev–Trinajstić information content (AvgIpc) is 2.47. The van der Waals surface area contributed by atoms with Crippen LogP contribution in [0.5, 0.6) is 0 Å². The van der Waals surface area contributed by atoms with E-state index < -0.39 is 0 Å². The Balaban J connectivity index is 2.14. The molecule has 19 heavy (non-hydrogen) atoms. The summed E-state index contributed by atoms with van der Waals surface area (Å²) in [5, 5.41) is 0. The highest BCUT2D eigenvalue weighted by Gasteiger charge is 2.20. The molecule has 1 aromatic rings. The van der Waals surface area contributed by atoms with Crippen LogP contribution in [0.15, 0.2) is 24.3 Å². The van der Waals surface area contributed by atoms with E-state index in [-0.39, 0.29) is 6.04 Å². The summed E-state index contributed by atoms with van der Waals surface area (Å²) in [4.78, 5) is 2.58. The molecule has 0 aliphatic carbocycles. The van der Waals surface area contributed by atoms with E-state index in [0.717, 1.165) is 18.8 Å². The van der Waals surface area contributed by atoms with Crippen LogP contribution in [0.4, 0.5) is 5.69 Å². The zero-order chi connectivity index (χ0) is 13.7. The van der Waals surface area contributed by atoms with Gasteiger partial charge in [-0.15, -0.1) is 0 Å². The fourth-order valence-electron chi connectivity index (χ4n) is 3.04. The van der Waals surface area contributed by atoms with E-state index in [0.29, 0.717) is 0 Å². The maximum atomic E-state index is 6.14. The third kappa shape index (κ3) is 3.73. The summed E-state index contributed by atoms with van der Waals surface area (Å²) >= 11 is 0. The Morgan fingerprint density at radius 2 is 2.11 bits per heavy atom. The van der Waals surface area contributed by atoms with Crippen LogP contribution in [0.25, 0.3) is 0 Å². The van der Waals surface area contributed by atoms with Gasteiger partial charge in [-0.3, -0.25) is 0 Å². The topological polar surface area (TPSA) is 29.3 Å². The Kier molecular flexibility index (Phi) is 5.26. The summed E-state index contributed by atoms with van der Waals surface area (Å²) in [6.45, 7) is 6.90. The standard InChI is InChI=1S/C17H28N2/c1-3-14-8-7-11-19(13-14)17-10-6-5-9-15(17)12-16(18)4-2/h5-6,9-10,14,16H,3-4,7-8,11-13,18H2,1-2H3. The highest BCUT2D eigenvalue weighted by molar-refractivity contribution is 5.54. The SMILES string of the molecule is CCC(N)Cc1ccccc1N1CCCC(CC)C1. The second-order valence-corrected chi connectivity index (χ2v) is 5.86. The Labute approximate surface area is 118 Å². The van der Waals surface area contributed by atoms with E-state index in [1.807, 2.05) is 0 Å². The molecule has 2 heteroatoms. The fourth-order valence-corrected chi connectivity index (χ4v) is 3.04. The second-order valence-electron chi connectivity index (χ2n) is 5.86. The summed E-state index contributed by atoms with van der Waals surface area (Å²) in [6.07, 6.45) is 6.06. The van der Waals surface area contributed by atoms with Crippen molar-refractivity contribution in [2.45, 2.75) is 52.0 Å². The first-order chi connectivity index (χ1) is 9.24. The largest absolute Gasteiger partial charge is 0.371 e. The summed E-state index contributed by atoms with van der Waals surface area (Å²) in [6, 6.07) is 9.11. The predicted octanol–water partition coefficient (Wildman–Crippen LogP) is 3.59. The molecule has 1 aromatic carbocycles. The molecule has 2 rings (SSSR count). The van der Waals surface area contributed by atoms with Crippen molar-refractivity contribution < 1.29 is 0 Å². The van der Waals surface area contributed by atoms with Gasteiger partial charge in [-0.05, 0) is 43.2 Å². The van der Waals surface area contributed by atoms with Crippen molar-refractivity contribution >= 4 is 5.69 Å². The first kappa shape index (κ1) is 14.4. The smallest absolute Gasteiger partial charge is 0.0399 e. The van der Waals surface area contributed by atoms with Crippen LogP contribution in [0.3, 0.4) is 0 Å². The molecule has 1 aliphatic rings. The second kappa shape index (κ2) is 6.95. The lowest BCUT2D eigenvalue weighted by Gasteiger charge is -2.35. The van der Waals surface area contributed by atoms with Gasteiger partial charge in [0.25, 0.3) is 0 Å². The summed E-state index contributed by atoms with van der Waals surface area (Å²) < 4.78 is 0. The van der Waals surface area contributed by atoms with E-state index in [1.165, 1.54) is 43.6 Å². The van der Waals surface area contributed by atoms with Gasteiger partial charge < -0.3 is 10.6 Å². The molecule has 0 aromatic heterocycles. The molecular weight excluding hydrogens is 232 g/mol. The van der Waals surface area contributed by atoms with Gasteiger partial charge in [0.1, 0.15) is 0 Å². The molecule has 1 fully saturated rings. The molecule has 2 unspecified atom stereocenters. The molecule has 2 N–H and O–H groups in total. The average molecular weight is 260 g/mol. The van der Waals surface area contributed by atoms with Crippen molar-refractivity contribution in [1.29, 1.82) is 0 Å². The van der Waals surface area contributed by atoms with Gasteiger partial charge in [-0.25, -0.2) is 0 Å². The van der Waals surface area contributed by atoms with Gasteiger partial charge in [-0.2, -0.15) is 0 Å². The van der Waals surface area contributed by atoms with Crippen molar-refractivity contribution in [2.75, 3.05) is 18.0 Å². The van der Waals surface area contributed by atoms with Crippen molar-refractivity contribution in [3.63, 3.8) is 0 Å². The van der Waals surface area contributed by atoms with E-state index in [2.05, 4.69) is 43.0 Å². The number of nitrogens with zero attached hydrogens (tertiary/aromatic N) is 1. The maximum absolute atomic E-state index is 6.14. The molecular formula is C17H28N2. The molecule has 2 nitrogen and oxygen atoms in total. The van der Waals surface area contributed by atoms with E-state index in [4.69, 9.17) is 5.73 Å². The Bertz CT molecular complexity index is 389. The normalized spacial score (nSPS) is 21.4. The zero-order valence-corrected chi connectivity index (χ0v) is 12.4. The minimum Gasteiger partial charge on any atom is -0.371 e. The van der Waals surface area contributed by atoms with Gasteiger partial charge >= 0.3 is 0 Å². The summed E-state index contributed by atoms with van der Waals surface area (Å²) in [7, 11) is 0. The third-order valence-electron chi connectivity index (χ3n) is 4.44. The fraction of sp³-hybridized carbons (Fsp3) is 0.647. The van der Waals surface area contributed by atoms with Crippen molar-refractivity contribution in [2.24, 2.45) is 11.7 Å². The third-order valence-corrected chi connectivity index (χ3v) is 4.44. The Morgan fingerprint density at radius 1 is 1.32 bits per heavy atom. The highest BCUT2D eigenvalue weighted by Crippen LogP contribution is 2.28. The van der Waals surface area contributed by atoms with Gasteiger partial charge in [-0.1, -0.05) is 38.5 Å². The van der Waals surface area contributed by atoms with Crippen LogP contribution in [0.1, 0.15) is 45.1 Å². The molecule has 0 bridgehead atoms. The Hall–Kier alpha value is -1.02. The first-order valence-corrected chi connectivity index (χ1v) is 7.83. The number of benzene rings is 1. The molecule has 0 radical (unpaired) electrons. The van der Waals surface area contributed by atoms with Crippen molar-refractivity contribution in [1.82, 2.24) is 0 Å². The Morgan fingerprint density at radius 3 is 2.84 bits per heavy atom. The quantitative estimate of drug-likeness (QED) is 0.876. The number of piperidine rings is 1. The van der Waals surface area contributed by atoms with Crippen molar-refractivity contribution in [3.8, 4) is 0 Å².